The van der Waals surface area contributed by atoms with Crippen molar-refractivity contribution in [3.05, 3.63) is 101 Å². The summed E-state index contributed by atoms with van der Waals surface area (Å²) < 4.78 is 5.32. The molecule has 2 aliphatic rings. The topological polar surface area (TPSA) is 98.8 Å². The molecule has 0 bridgehead atoms. The SMILES string of the molecule is COc1ccc(C2C3=C(CC(c4ccccc4)CC3=O)Nc3ccccc3N2C(=O)CCC(=O)[O-])cc1. The Morgan fingerprint density at radius 3 is 2.32 bits per heavy atom. The number of para-hydroxylation sites is 2. The van der Waals surface area contributed by atoms with Gasteiger partial charge in [-0.15, -0.1) is 0 Å². The third-order valence-corrected chi connectivity index (χ3v) is 7.00. The van der Waals surface area contributed by atoms with E-state index in [0.717, 1.165) is 16.8 Å². The van der Waals surface area contributed by atoms with Crippen LogP contribution in [0.2, 0.25) is 0 Å². The number of ketones is 1. The number of carboxylic acid groups (broad SMARTS) is 1. The van der Waals surface area contributed by atoms with Crippen molar-refractivity contribution in [2.75, 3.05) is 17.3 Å². The molecule has 37 heavy (non-hydrogen) atoms. The average molecular weight is 496 g/mol. The fraction of sp³-hybridized carbons (Fsp3) is 0.233. The number of nitrogens with one attached hydrogen (secondary N) is 1. The maximum Gasteiger partial charge on any atom is 0.228 e. The van der Waals surface area contributed by atoms with E-state index in [1.807, 2.05) is 66.7 Å². The molecule has 3 aromatic carbocycles. The highest BCUT2D eigenvalue weighted by molar-refractivity contribution is 6.06. The second kappa shape index (κ2) is 10.3. The maximum atomic E-state index is 13.9. The number of nitrogens with zero attached hydrogens (tertiary/aromatic N) is 1. The number of carbonyl (C=O) groups is 3. The fourth-order valence-electron chi connectivity index (χ4n) is 5.26. The lowest BCUT2D eigenvalue weighted by atomic mass is 9.78. The second-order valence-electron chi connectivity index (χ2n) is 9.28. The first kappa shape index (κ1) is 24.3. The van der Waals surface area contributed by atoms with E-state index in [-0.39, 0.29) is 18.1 Å². The van der Waals surface area contributed by atoms with Gasteiger partial charge in [0.25, 0.3) is 0 Å². The number of rotatable bonds is 6. The monoisotopic (exact) mass is 495 g/mol. The van der Waals surface area contributed by atoms with Crippen LogP contribution in [-0.2, 0) is 14.4 Å². The van der Waals surface area contributed by atoms with Gasteiger partial charge in [-0.2, -0.15) is 0 Å². The minimum atomic E-state index is -1.30. The van der Waals surface area contributed by atoms with Crippen LogP contribution in [-0.4, -0.2) is 24.8 Å². The lowest BCUT2D eigenvalue weighted by Crippen LogP contribution is -2.39. The van der Waals surface area contributed by atoms with Crippen LogP contribution in [0.4, 0.5) is 11.4 Å². The molecule has 0 radical (unpaired) electrons. The van der Waals surface area contributed by atoms with Crippen LogP contribution in [0.5, 0.6) is 5.75 Å². The number of aliphatic carboxylic acids is 1. The van der Waals surface area contributed by atoms with E-state index in [4.69, 9.17) is 4.74 Å². The summed E-state index contributed by atoms with van der Waals surface area (Å²) in [6.45, 7) is 0. The number of fused-ring (bicyclic) bond motifs is 1. The number of Topliss-reactive ketones (excluding diaryl/α,β-unsaturated/α-hetero) is 1. The number of allylic oxidation sites excluding steroid dienone is 1. The highest BCUT2D eigenvalue weighted by Crippen LogP contribution is 2.47. The quantitative estimate of drug-likeness (QED) is 0.552. The minimum absolute atomic E-state index is 0.00367. The number of amides is 1. The van der Waals surface area contributed by atoms with Gasteiger partial charge in [0, 0.05) is 30.1 Å². The van der Waals surface area contributed by atoms with Crippen molar-refractivity contribution in [1.82, 2.24) is 0 Å². The van der Waals surface area contributed by atoms with Crippen molar-refractivity contribution in [2.24, 2.45) is 0 Å². The molecule has 188 valence electrons. The van der Waals surface area contributed by atoms with Gasteiger partial charge in [-0.1, -0.05) is 54.6 Å². The summed E-state index contributed by atoms with van der Waals surface area (Å²) in [6, 6.07) is 23.9. The fourth-order valence-corrected chi connectivity index (χ4v) is 5.26. The molecular formula is C30H27N2O5-. The predicted octanol–water partition coefficient (Wildman–Crippen LogP) is 4.13. The van der Waals surface area contributed by atoms with E-state index in [1.54, 1.807) is 24.1 Å². The number of ether oxygens (including phenoxy) is 1. The van der Waals surface area contributed by atoms with Gasteiger partial charge in [0.15, 0.2) is 5.78 Å². The molecule has 2 unspecified atom stereocenters. The van der Waals surface area contributed by atoms with Crippen LogP contribution in [0.15, 0.2) is 90.1 Å². The van der Waals surface area contributed by atoms with E-state index in [1.165, 1.54) is 0 Å². The summed E-state index contributed by atoms with van der Waals surface area (Å²) in [5, 5.41) is 14.7. The van der Waals surface area contributed by atoms with Gasteiger partial charge < -0.3 is 20.0 Å². The van der Waals surface area contributed by atoms with Crippen LogP contribution in [0.25, 0.3) is 0 Å². The average Bonchev–Trinajstić information content (AvgIpc) is 3.07. The summed E-state index contributed by atoms with van der Waals surface area (Å²) in [4.78, 5) is 40.3. The van der Waals surface area contributed by atoms with Crippen molar-refractivity contribution in [1.29, 1.82) is 0 Å². The van der Waals surface area contributed by atoms with Crippen molar-refractivity contribution in [3.8, 4) is 5.75 Å². The van der Waals surface area contributed by atoms with Gasteiger partial charge in [-0.05, 0) is 54.2 Å². The Labute approximate surface area is 215 Å². The first-order valence-electron chi connectivity index (χ1n) is 12.3. The number of benzene rings is 3. The molecule has 5 rings (SSSR count). The molecule has 2 atom stereocenters. The van der Waals surface area contributed by atoms with Crippen LogP contribution in [0.1, 0.15) is 48.8 Å². The van der Waals surface area contributed by atoms with Gasteiger partial charge in [0.2, 0.25) is 5.91 Å². The Morgan fingerprint density at radius 2 is 1.62 bits per heavy atom. The van der Waals surface area contributed by atoms with E-state index in [0.29, 0.717) is 35.5 Å². The molecule has 1 heterocycles. The van der Waals surface area contributed by atoms with Crippen LogP contribution in [0, 0.1) is 0 Å². The molecule has 0 fully saturated rings. The molecule has 1 aliphatic carbocycles. The van der Waals surface area contributed by atoms with Gasteiger partial charge in [0.1, 0.15) is 5.75 Å². The Bertz CT molecular complexity index is 1360. The van der Waals surface area contributed by atoms with Gasteiger partial charge in [-0.25, -0.2) is 0 Å². The third-order valence-electron chi connectivity index (χ3n) is 7.00. The van der Waals surface area contributed by atoms with Gasteiger partial charge >= 0.3 is 0 Å². The maximum absolute atomic E-state index is 13.9. The van der Waals surface area contributed by atoms with Crippen LogP contribution < -0.4 is 20.1 Å². The lowest BCUT2D eigenvalue weighted by molar-refractivity contribution is -0.305. The zero-order valence-corrected chi connectivity index (χ0v) is 20.5. The van der Waals surface area contributed by atoms with Gasteiger partial charge in [0.05, 0.1) is 24.5 Å². The molecule has 0 saturated carbocycles. The number of anilines is 2. The Hall–Kier alpha value is -4.39. The zero-order chi connectivity index (χ0) is 25.9. The molecule has 0 saturated heterocycles. The Kier molecular flexibility index (Phi) is 6.77. The van der Waals surface area contributed by atoms with E-state index in [2.05, 4.69) is 5.32 Å². The number of carbonyl (C=O) groups excluding carboxylic acids is 3. The number of carboxylic acids is 1. The molecule has 7 heteroatoms. The van der Waals surface area contributed by atoms with E-state index >= 15 is 0 Å². The highest BCUT2D eigenvalue weighted by atomic mass is 16.5. The molecule has 3 aromatic rings. The standard InChI is InChI=1S/C30H28N2O5/c1-37-22-13-11-20(12-14-22)30-29-24(17-21(18-26(29)33)19-7-3-2-4-8-19)31-23-9-5-6-10-25(23)32(30)27(34)15-16-28(35)36/h2-14,21,30-31H,15-18H2,1H3,(H,35,36)/p-1. The Balaban J connectivity index is 1.68. The van der Waals surface area contributed by atoms with Crippen molar-refractivity contribution >= 4 is 29.0 Å². The smallest absolute Gasteiger partial charge is 0.228 e. The number of methoxy groups -OCH3 is 1. The molecule has 1 amide bonds. The lowest BCUT2D eigenvalue weighted by Gasteiger charge is -2.35. The Morgan fingerprint density at radius 1 is 0.919 bits per heavy atom. The summed E-state index contributed by atoms with van der Waals surface area (Å²) in [5.41, 5.74) is 4.40. The van der Waals surface area contributed by atoms with E-state index < -0.39 is 24.3 Å². The molecule has 1 N–H and O–H groups in total. The normalized spacial score (nSPS) is 18.8. The third kappa shape index (κ3) is 4.85. The molecule has 7 nitrogen and oxygen atoms in total. The summed E-state index contributed by atoms with van der Waals surface area (Å²) in [7, 11) is 1.58. The highest BCUT2D eigenvalue weighted by Gasteiger charge is 2.41. The summed E-state index contributed by atoms with van der Waals surface area (Å²) >= 11 is 0. The van der Waals surface area contributed by atoms with E-state index in [9.17, 15) is 19.5 Å². The predicted molar refractivity (Wildman–Crippen MR) is 138 cm³/mol. The van der Waals surface area contributed by atoms with Crippen molar-refractivity contribution in [3.63, 3.8) is 0 Å². The minimum Gasteiger partial charge on any atom is -0.550 e. The van der Waals surface area contributed by atoms with Crippen molar-refractivity contribution in [2.45, 2.75) is 37.6 Å². The second-order valence-corrected chi connectivity index (χ2v) is 9.28. The molecular weight excluding hydrogens is 468 g/mol. The molecule has 1 aliphatic heterocycles. The first-order chi connectivity index (χ1) is 18.0. The zero-order valence-electron chi connectivity index (χ0n) is 20.5. The summed E-state index contributed by atoms with van der Waals surface area (Å²) in [6.07, 6.45) is 0.269. The summed E-state index contributed by atoms with van der Waals surface area (Å²) in [5.74, 6) is -1.09. The largest absolute Gasteiger partial charge is 0.550 e. The molecule has 0 aromatic heterocycles. The van der Waals surface area contributed by atoms with Crippen molar-refractivity contribution < 1.29 is 24.2 Å². The van der Waals surface area contributed by atoms with Crippen LogP contribution in [0.3, 0.4) is 0 Å². The number of hydrogen-bond donors (Lipinski definition) is 1. The van der Waals surface area contributed by atoms with Gasteiger partial charge in [-0.3, -0.25) is 14.5 Å². The van der Waals surface area contributed by atoms with Crippen LogP contribution >= 0.6 is 0 Å². The molecule has 0 spiro atoms. The first-order valence-corrected chi connectivity index (χ1v) is 12.3. The number of hydrogen-bond acceptors (Lipinski definition) is 6.